The topological polar surface area (TPSA) is 81.7 Å². The van der Waals surface area contributed by atoms with E-state index in [0.717, 1.165) is 31.7 Å². The summed E-state index contributed by atoms with van der Waals surface area (Å²) >= 11 is 0. The zero-order valence-electron chi connectivity index (χ0n) is 19.8. The van der Waals surface area contributed by atoms with Crippen LogP contribution in [0.2, 0.25) is 0 Å². The normalized spacial score (nSPS) is 15.6. The lowest BCUT2D eigenvalue weighted by molar-refractivity contribution is 0.102. The van der Waals surface area contributed by atoms with Gasteiger partial charge in [0.2, 0.25) is 10.0 Å². The molecular formula is C24H34N4O3S. The van der Waals surface area contributed by atoms with Crippen LogP contribution in [0.5, 0.6) is 0 Å². The molecule has 1 fully saturated rings. The second kappa shape index (κ2) is 9.21. The largest absolute Gasteiger partial charge is 0.369 e. The van der Waals surface area contributed by atoms with Crippen molar-refractivity contribution in [3.05, 3.63) is 53.1 Å². The second-order valence-corrected chi connectivity index (χ2v) is 11.3. The van der Waals surface area contributed by atoms with Crippen molar-refractivity contribution in [1.82, 2.24) is 9.62 Å². The minimum absolute atomic E-state index is 0.0739. The lowest BCUT2D eigenvalue weighted by atomic mass is 10.1. The summed E-state index contributed by atoms with van der Waals surface area (Å²) in [5.41, 5.74) is 3.38. The zero-order valence-corrected chi connectivity index (χ0v) is 20.6. The SMILES string of the molecule is Cc1ccc(S(=O)(=O)NC(C)(C)C)cc1C(=O)Nc1ccc(N2CCN(C)CC2)c(C)c1. The molecule has 2 aromatic rings. The molecule has 0 bridgehead atoms. The molecule has 8 heteroatoms. The van der Waals surface area contributed by atoms with E-state index in [-0.39, 0.29) is 10.8 Å². The van der Waals surface area contributed by atoms with E-state index in [0.29, 0.717) is 16.8 Å². The van der Waals surface area contributed by atoms with Gasteiger partial charge in [-0.3, -0.25) is 4.79 Å². The molecule has 0 aromatic heterocycles. The predicted molar refractivity (Wildman–Crippen MR) is 130 cm³/mol. The average Bonchev–Trinajstić information content (AvgIpc) is 2.67. The Balaban J connectivity index is 1.79. The van der Waals surface area contributed by atoms with Crippen LogP contribution < -0.4 is 14.9 Å². The van der Waals surface area contributed by atoms with Crippen LogP contribution in [-0.2, 0) is 10.0 Å². The first-order valence-corrected chi connectivity index (χ1v) is 12.3. The summed E-state index contributed by atoms with van der Waals surface area (Å²) in [4.78, 5) is 17.7. The van der Waals surface area contributed by atoms with Crippen molar-refractivity contribution in [3.8, 4) is 0 Å². The monoisotopic (exact) mass is 458 g/mol. The third kappa shape index (κ3) is 5.88. The fourth-order valence-electron chi connectivity index (χ4n) is 3.81. The smallest absolute Gasteiger partial charge is 0.255 e. The molecule has 32 heavy (non-hydrogen) atoms. The van der Waals surface area contributed by atoms with Gasteiger partial charge in [-0.2, -0.15) is 0 Å². The van der Waals surface area contributed by atoms with Gasteiger partial charge in [-0.15, -0.1) is 0 Å². The van der Waals surface area contributed by atoms with Gasteiger partial charge in [-0.25, -0.2) is 13.1 Å². The van der Waals surface area contributed by atoms with Crippen LogP contribution in [0.25, 0.3) is 0 Å². The van der Waals surface area contributed by atoms with E-state index >= 15 is 0 Å². The summed E-state index contributed by atoms with van der Waals surface area (Å²) in [6, 6.07) is 10.5. The number of piperazine rings is 1. The quantitative estimate of drug-likeness (QED) is 0.718. The Morgan fingerprint density at radius 3 is 2.19 bits per heavy atom. The van der Waals surface area contributed by atoms with E-state index in [2.05, 4.69) is 26.9 Å². The molecule has 0 atom stereocenters. The fourth-order valence-corrected chi connectivity index (χ4v) is 5.25. The number of sulfonamides is 1. The lowest BCUT2D eigenvalue weighted by Crippen LogP contribution is -2.44. The average molecular weight is 459 g/mol. The highest BCUT2D eigenvalue weighted by Gasteiger charge is 2.24. The molecule has 0 spiro atoms. The molecule has 3 rings (SSSR count). The van der Waals surface area contributed by atoms with Gasteiger partial charge in [0.15, 0.2) is 0 Å². The molecule has 1 saturated heterocycles. The van der Waals surface area contributed by atoms with Crippen LogP contribution in [0.4, 0.5) is 11.4 Å². The van der Waals surface area contributed by atoms with Crippen LogP contribution in [0.15, 0.2) is 41.3 Å². The Morgan fingerprint density at radius 1 is 0.938 bits per heavy atom. The number of aryl methyl sites for hydroxylation is 2. The molecule has 2 N–H and O–H groups in total. The first kappa shape index (κ1) is 24.2. The summed E-state index contributed by atoms with van der Waals surface area (Å²) < 4.78 is 28.0. The van der Waals surface area contributed by atoms with E-state index < -0.39 is 15.6 Å². The van der Waals surface area contributed by atoms with Gasteiger partial charge in [0.25, 0.3) is 5.91 Å². The van der Waals surface area contributed by atoms with Gasteiger partial charge in [-0.1, -0.05) is 6.07 Å². The third-order valence-corrected chi connectivity index (χ3v) is 7.26. The van der Waals surface area contributed by atoms with Crippen LogP contribution in [0.3, 0.4) is 0 Å². The van der Waals surface area contributed by atoms with Crippen LogP contribution >= 0.6 is 0 Å². The van der Waals surface area contributed by atoms with Crippen molar-refractivity contribution in [2.45, 2.75) is 45.1 Å². The van der Waals surface area contributed by atoms with Crippen molar-refractivity contribution in [1.29, 1.82) is 0 Å². The maximum Gasteiger partial charge on any atom is 0.255 e. The van der Waals surface area contributed by atoms with Crippen molar-refractivity contribution in [2.75, 3.05) is 43.4 Å². The number of benzene rings is 2. The molecule has 0 saturated carbocycles. The molecule has 1 aliphatic rings. The Bertz CT molecular complexity index is 1100. The fraction of sp³-hybridized carbons (Fsp3) is 0.458. The van der Waals surface area contributed by atoms with Gasteiger partial charge >= 0.3 is 0 Å². The number of nitrogens with zero attached hydrogens (tertiary/aromatic N) is 2. The maximum absolute atomic E-state index is 13.0. The molecule has 7 nitrogen and oxygen atoms in total. The molecule has 1 heterocycles. The number of carbonyl (C=O) groups excluding carboxylic acids is 1. The number of nitrogens with one attached hydrogen (secondary N) is 2. The van der Waals surface area contributed by atoms with Gasteiger partial charge in [0.1, 0.15) is 0 Å². The van der Waals surface area contributed by atoms with Gasteiger partial charge in [0, 0.05) is 48.7 Å². The number of rotatable bonds is 5. The predicted octanol–water partition coefficient (Wildman–Crippen LogP) is 3.38. The van der Waals surface area contributed by atoms with E-state index in [1.807, 2.05) is 25.1 Å². The summed E-state index contributed by atoms with van der Waals surface area (Å²) in [7, 11) is -1.60. The van der Waals surface area contributed by atoms with E-state index in [4.69, 9.17) is 0 Å². The summed E-state index contributed by atoms with van der Waals surface area (Å²) in [6.07, 6.45) is 0. The Kier molecular flexibility index (Phi) is 6.97. The zero-order chi connectivity index (χ0) is 23.7. The standard InChI is InChI=1S/C24H34N4O3S/c1-17-7-9-20(32(30,31)26-24(3,4)5)16-21(17)23(29)25-19-8-10-22(18(2)15-19)28-13-11-27(6)12-14-28/h7-10,15-16,26H,11-14H2,1-6H3,(H,25,29). The number of hydrogen-bond donors (Lipinski definition) is 2. The minimum atomic E-state index is -3.73. The van der Waals surface area contributed by atoms with E-state index in [1.54, 1.807) is 33.8 Å². The summed E-state index contributed by atoms with van der Waals surface area (Å²) in [5.74, 6) is -0.331. The molecule has 1 amide bonds. The van der Waals surface area contributed by atoms with Crippen molar-refractivity contribution < 1.29 is 13.2 Å². The summed E-state index contributed by atoms with van der Waals surface area (Å²) in [6.45, 7) is 13.2. The summed E-state index contributed by atoms with van der Waals surface area (Å²) in [5, 5.41) is 2.92. The number of likely N-dealkylation sites (N-methyl/N-ethyl adjacent to an activating group) is 1. The Hall–Kier alpha value is -2.42. The van der Waals surface area contributed by atoms with Crippen molar-refractivity contribution in [2.24, 2.45) is 0 Å². The number of amides is 1. The van der Waals surface area contributed by atoms with Crippen LogP contribution in [0, 0.1) is 13.8 Å². The third-order valence-electron chi connectivity index (χ3n) is 5.50. The maximum atomic E-state index is 13.0. The molecule has 2 aromatic carbocycles. The first-order valence-electron chi connectivity index (χ1n) is 10.9. The van der Waals surface area contributed by atoms with Gasteiger partial charge < -0.3 is 15.1 Å². The lowest BCUT2D eigenvalue weighted by Gasteiger charge is -2.35. The van der Waals surface area contributed by atoms with Gasteiger partial charge in [-0.05, 0) is 83.1 Å². The molecule has 0 aliphatic carbocycles. The van der Waals surface area contributed by atoms with Crippen LogP contribution in [-0.4, -0.2) is 58.0 Å². The Morgan fingerprint density at radius 2 is 1.59 bits per heavy atom. The number of carbonyl (C=O) groups is 1. The highest BCUT2D eigenvalue weighted by molar-refractivity contribution is 7.89. The minimum Gasteiger partial charge on any atom is -0.369 e. The highest BCUT2D eigenvalue weighted by atomic mass is 32.2. The second-order valence-electron chi connectivity index (χ2n) is 9.58. The van der Waals surface area contributed by atoms with Crippen molar-refractivity contribution in [3.63, 3.8) is 0 Å². The Labute approximate surface area is 191 Å². The molecule has 0 radical (unpaired) electrons. The van der Waals surface area contributed by atoms with Crippen molar-refractivity contribution >= 4 is 27.3 Å². The molecule has 0 unspecified atom stereocenters. The highest BCUT2D eigenvalue weighted by Crippen LogP contribution is 2.25. The van der Waals surface area contributed by atoms with Crippen LogP contribution in [0.1, 0.15) is 42.3 Å². The molecule has 1 aliphatic heterocycles. The van der Waals surface area contributed by atoms with E-state index in [9.17, 15) is 13.2 Å². The number of hydrogen-bond acceptors (Lipinski definition) is 5. The number of anilines is 2. The van der Waals surface area contributed by atoms with E-state index in [1.165, 1.54) is 17.8 Å². The molecule has 174 valence electrons. The molecular weight excluding hydrogens is 424 g/mol. The van der Waals surface area contributed by atoms with Gasteiger partial charge in [0.05, 0.1) is 4.90 Å². The first-order chi connectivity index (χ1) is 14.9.